The molecule has 7 nitrogen and oxygen atoms in total. The van der Waals surface area contributed by atoms with E-state index in [1.165, 1.54) is 6.26 Å². The predicted molar refractivity (Wildman–Crippen MR) is 113 cm³/mol. The maximum Gasteiger partial charge on any atom is 0.273 e. The van der Waals surface area contributed by atoms with Crippen LogP contribution in [-0.4, -0.2) is 28.9 Å². The van der Waals surface area contributed by atoms with E-state index in [4.69, 9.17) is 13.6 Å². The standard InChI is InChI=1S/C23H29N3O4/c1-16(2)17(3)26(13-18-8-5-6-10-21(18)28-4)14-22-25-20(15-30-22)23(27)24-12-19-9-7-11-29-19/h5-11,15-17H,12-14H2,1-4H3,(H,24,27). The molecule has 3 aromatic rings. The second-order valence-corrected chi connectivity index (χ2v) is 7.59. The molecule has 0 aliphatic heterocycles. The van der Waals surface area contributed by atoms with Crippen molar-refractivity contribution in [1.29, 1.82) is 0 Å². The maximum absolute atomic E-state index is 12.4. The van der Waals surface area contributed by atoms with Gasteiger partial charge in [0.2, 0.25) is 5.89 Å². The van der Waals surface area contributed by atoms with Crippen LogP contribution in [0.2, 0.25) is 0 Å². The molecule has 3 rings (SSSR count). The normalized spacial score (nSPS) is 12.3. The molecule has 30 heavy (non-hydrogen) atoms. The number of para-hydroxylation sites is 1. The van der Waals surface area contributed by atoms with Crippen LogP contribution in [0.15, 0.2) is 57.8 Å². The molecule has 0 saturated carbocycles. The second kappa shape index (κ2) is 10.1. The molecule has 0 aliphatic carbocycles. The highest BCUT2D eigenvalue weighted by molar-refractivity contribution is 5.91. The van der Waals surface area contributed by atoms with E-state index < -0.39 is 0 Å². The first-order valence-corrected chi connectivity index (χ1v) is 10.1. The van der Waals surface area contributed by atoms with Gasteiger partial charge in [-0.3, -0.25) is 9.69 Å². The summed E-state index contributed by atoms with van der Waals surface area (Å²) in [6, 6.07) is 11.8. The smallest absolute Gasteiger partial charge is 0.273 e. The number of ether oxygens (including phenoxy) is 1. The van der Waals surface area contributed by atoms with E-state index in [1.54, 1.807) is 25.5 Å². The number of hydrogen-bond donors (Lipinski definition) is 1. The van der Waals surface area contributed by atoms with Gasteiger partial charge in [-0.25, -0.2) is 4.98 Å². The summed E-state index contributed by atoms with van der Waals surface area (Å²) in [6.07, 6.45) is 2.97. The van der Waals surface area contributed by atoms with Crippen molar-refractivity contribution in [2.24, 2.45) is 5.92 Å². The first-order valence-electron chi connectivity index (χ1n) is 10.1. The molecule has 0 fully saturated rings. The van der Waals surface area contributed by atoms with Crippen LogP contribution in [0.1, 0.15) is 48.5 Å². The van der Waals surface area contributed by atoms with Gasteiger partial charge in [-0.2, -0.15) is 0 Å². The zero-order valence-corrected chi connectivity index (χ0v) is 17.9. The van der Waals surface area contributed by atoms with Gasteiger partial charge in [-0.15, -0.1) is 0 Å². The van der Waals surface area contributed by atoms with Gasteiger partial charge >= 0.3 is 0 Å². The van der Waals surface area contributed by atoms with Crippen molar-refractivity contribution in [2.45, 2.75) is 46.4 Å². The molecule has 0 aliphatic rings. The molecule has 1 unspecified atom stereocenters. The Hall–Kier alpha value is -3.06. The number of carbonyl (C=O) groups is 1. The predicted octanol–water partition coefficient (Wildman–Crippen LogP) is 4.25. The van der Waals surface area contributed by atoms with Gasteiger partial charge < -0.3 is 18.9 Å². The minimum Gasteiger partial charge on any atom is -0.496 e. The molecule has 1 amide bonds. The van der Waals surface area contributed by atoms with E-state index >= 15 is 0 Å². The Morgan fingerprint density at radius 2 is 1.93 bits per heavy atom. The maximum atomic E-state index is 12.4. The van der Waals surface area contributed by atoms with E-state index in [9.17, 15) is 4.79 Å². The van der Waals surface area contributed by atoms with Crippen LogP contribution in [0.25, 0.3) is 0 Å². The Morgan fingerprint density at radius 3 is 2.63 bits per heavy atom. The molecule has 0 bridgehead atoms. The lowest BCUT2D eigenvalue weighted by atomic mass is 10.0. The van der Waals surface area contributed by atoms with Gasteiger partial charge in [0.25, 0.3) is 5.91 Å². The van der Waals surface area contributed by atoms with Crippen molar-refractivity contribution in [1.82, 2.24) is 15.2 Å². The van der Waals surface area contributed by atoms with E-state index in [1.807, 2.05) is 18.2 Å². The van der Waals surface area contributed by atoms with Crippen LogP contribution in [0.4, 0.5) is 0 Å². The number of oxazole rings is 1. The number of rotatable bonds is 10. The molecular formula is C23H29N3O4. The first kappa shape index (κ1) is 21.6. The van der Waals surface area contributed by atoms with Crippen molar-refractivity contribution >= 4 is 5.91 Å². The number of hydrogen-bond acceptors (Lipinski definition) is 6. The molecule has 0 radical (unpaired) electrons. The number of nitrogens with zero attached hydrogens (tertiary/aromatic N) is 2. The lowest BCUT2D eigenvalue weighted by molar-refractivity contribution is 0.0942. The van der Waals surface area contributed by atoms with Crippen LogP contribution in [0.5, 0.6) is 5.75 Å². The van der Waals surface area contributed by atoms with Crippen LogP contribution in [-0.2, 0) is 19.6 Å². The Balaban J connectivity index is 1.69. The molecule has 1 N–H and O–H groups in total. The summed E-state index contributed by atoms with van der Waals surface area (Å²) in [4.78, 5) is 19.0. The fraction of sp³-hybridized carbons (Fsp3) is 0.391. The highest BCUT2D eigenvalue weighted by Gasteiger charge is 2.22. The summed E-state index contributed by atoms with van der Waals surface area (Å²) < 4.78 is 16.3. The van der Waals surface area contributed by atoms with Gasteiger partial charge in [0.05, 0.1) is 26.5 Å². The van der Waals surface area contributed by atoms with Crippen molar-refractivity contribution in [2.75, 3.05) is 7.11 Å². The van der Waals surface area contributed by atoms with Crippen LogP contribution in [0.3, 0.4) is 0 Å². The largest absolute Gasteiger partial charge is 0.496 e. The third kappa shape index (κ3) is 5.51. The number of carbonyl (C=O) groups excluding carboxylic acids is 1. The van der Waals surface area contributed by atoms with Crippen LogP contribution < -0.4 is 10.1 Å². The summed E-state index contributed by atoms with van der Waals surface area (Å²) in [5, 5.41) is 2.78. The summed E-state index contributed by atoms with van der Waals surface area (Å²) in [7, 11) is 1.68. The monoisotopic (exact) mass is 411 g/mol. The van der Waals surface area contributed by atoms with E-state index in [0.717, 1.165) is 11.3 Å². The molecule has 0 saturated heterocycles. The average molecular weight is 412 g/mol. The van der Waals surface area contributed by atoms with E-state index in [2.05, 4.69) is 42.0 Å². The van der Waals surface area contributed by atoms with Gasteiger partial charge in [0.1, 0.15) is 17.8 Å². The third-order valence-electron chi connectivity index (χ3n) is 5.23. The van der Waals surface area contributed by atoms with Crippen LogP contribution >= 0.6 is 0 Å². The lowest BCUT2D eigenvalue weighted by Crippen LogP contribution is -2.36. The van der Waals surface area contributed by atoms with Crippen molar-refractivity contribution in [3.8, 4) is 5.75 Å². The quantitative estimate of drug-likeness (QED) is 0.537. The highest BCUT2D eigenvalue weighted by atomic mass is 16.5. The van der Waals surface area contributed by atoms with Gasteiger partial charge in [-0.05, 0) is 31.0 Å². The molecule has 2 aromatic heterocycles. The number of furan rings is 1. The number of amides is 1. The summed E-state index contributed by atoms with van der Waals surface area (Å²) in [6.45, 7) is 8.03. The number of benzene rings is 1. The van der Waals surface area contributed by atoms with Gasteiger partial charge in [0.15, 0.2) is 5.69 Å². The average Bonchev–Trinajstić information content (AvgIpc) is 3.43. The molecule has 7 heteroatoms. The number of aromatic nitrogens is 1. The molecule has 2 heterocycles. The van der Waals surface area contributed by atoms with Gasteiger partial charge in [0, 0.05) is 18.2 Å². The Labute approximate surface area is 177 Å². The highest BCUT2D eigenvalue weighted by Crippen LogP contribution is 2.23. The number of methoxy groups -OCH3 is 1. The van der Waals surface area contributed by atoms with E-state index in [-0.39, 0.29) is 17.6 Å². The van der Waals surface area contributed by atoms with Crippen molar-refractivity contribution in [3.63, 3.8) is 0 Å². The summed E-state index contributed by atoms with van der Waals surface area (Å²) >= 11 is 0. The Kier molecular flexibility index (Phi) is 7.30. The third-order valence-corrected chi connectivity index (χ3v) is 5.23. The molecule has 1 aromatic carbocycles. The second-order valence-electron chi connectivity index (χ2n) is 7.59. The molecular weight excluding hydrogens is 382 g/mol. The zero-order chi connectivity index (χ0) is 21.5. The molecule has 0 spiro atoms. The zero-order valence-electron chi connectivity index (χ0n) is 17.9. The molecule has 1 atom stereocenters. The Bertz CT molecular complexity index is 934. The fourth-order valence-electron chi connectivity index (χ4n) is 3.15. The topological polar surface area (TPSA) is 80.7 Å². The minimum atomic E-state index is -0.297. The summed E-state index contributed by atoms with van der Waals surface area (Å²) in [5.41, 5.74) is 1.35. The van der Waals surface area contributed by atoms with Crippen molar-refractivity contribution in [3.05, 3.63) is 71.8 Å². The molecule has 160 valence electrons. The minimum absolute atomic E-state index is 0.256. The van der Waals surface area contributed by atoms with Gasteiger partial charge in [-0.1, -0.05) is 32.0 Å². The first-order chi connectivity index (χ1) is 14.5. The fourth-order valence-corrected chi connectivity index (χ4v) is 3.15. The summed E-state index contributed by atoms with van der Waals surface area (Å²) in [5.74, 6) is 2.17. The Morgan fingerprint density at radius 1 is 1.13 bits per heavy atom. The SMILES string of the molecule is COc1ccccc1CN(Cc1nc(C(=O)NCc2ccco2)co1)C(C)C(C)C. The lowest BCUT2D eigenvalue weighted by Gasteiger charge is -2.31. The number of nitrogens with one attached hydrogen (secondary N) is 1. The van der Waals surface area contributed by atoms with E-state index in [0.29, 0.717) is 37.2 Å². The van der Waals surface area contributed by atoms with Crippen molar-refractivity contribution < 1.29 is 18.4 Å². The van der Waals surface area contributed by atoms with Crippen LogP contribution in [0, 0.1) is 5.92 Å².